The highest BCUT2D eigenvalue weighted by molar-refractivity contribution is 5.95. The lowest BCUT2D eigenvalue weighted by Crippen LogP contribution is -2.19. The minimum absolute atomic E-state index is 0.195. The van der Waals surface area contributed by atoms with Gasteiger partial charge in [0.15, 0.2) is 0 Å². The van der Waals surface area contributed by atoms with Gasteiger partial charge in [-0.15, -0.1) is 0 Å². The van der Waals surface area contributed by atoms with Crippen molar-refractivity contribution < 1.29 is 4.79 Å². The van der Waals surface area contributed by atoms with Crippen molar-refractivity contribution in [2.24, 2.45) is 5.73 Å². The molecule has 1 aromatic carbocycles. The molecule has 1 saturated carbocycles. The van der Waals surface area contributed by atoms with Crippen LogP contribution >= 0.6 is 0 Å². The number of primary amides is 1. The Morgan fingerprint density at radius 1 is 1.43 bits per heavy atom. The largest absolute Gasteiger partial charge is 0.366 e. The molecule has 1 aliphatic carbocycles. The van der Waals surface area contributed by atoms with Gasteiger partial charge in [0.1, 0.15) is 0 Å². The molecule has 1 aliphatic heterocycles. The van der Waals surface area contributed by atoms with Gasteiger partial charge >= 0.3 is 0 Å². The van der Waals surface area contributed by atoms with Crippen LogP contribution in [0.25, 0.3) is 0 Å². The van der Waals surface area contributed by atoms with Gasteiger partial charge in [-0.3, -0.25) is 4.79 Å². The third-order valence-electron chi connectivity index (χ3n) is 3.31. The van der Waals surface area contributed by atoms with Crippen LogP contribution in [0.1, 0.15) is 34.3 Å². The monoisotopic (exact) mass is 188 g/mol. The summed E-state index contributed by atoms with van der Waals surface area (Å²) in [6.07, 6.45) is 2.37. The summed E-state index contributed by atoms with van der Waals surface area (Å²) in [5.41, 5.74) is 8.60. The zero-order valence-corrected chi connectivity index (χ0v) is 7.84. The van der Waals surface area contributed by atoms with Crippen LogP contribution in [0.3, 0.4) is 0 Å². The van der Waals surface area contributed by atoms with E-state index in [1.807, 2.05) is 12.1 Å². The molecule has 3 rings (SSSR count). The molecule has 3 heteroatoms. The van der Waals surface area contributed by atoms with E-state index in [1.54, 1.807) is 0 Å². The zero-order valence-electron chi connectivity index (χ0n) is 7.84. The third kappa shape index (κ3) is 0.876. The predicted molar refractivity (Wildman–Crippen MR) is 52.7 cm³/mol. The predicted octanol–water partition coefficient (Wildman–Crippen LogP) is 0.878. The van der Waals surface area contributed by atoms with Gasteiger partial charge in [-0.2, -0.15) is 0 Å². The van der Waals surface area contributed by atoms with E-state index in [-0.39, 0.29) is 11.4 Å². The molecule has 0 atom stereocenters. The number of carbonyl (C=O) groups is 1. The molecule has 1 aromatic rings. The van der Waals surface area contributed by atoms with Gasteiger partial charge in [0.05, 0.1) is 0 Å². The zero-order chi connectivity index (χ0) is 9.76. The summed E-state index contributed by atoms with van der Waals surface area (Å²) in [6, 6.07) is 5.84. The molecule has 1 heterocycles. The molecule has 3 N–H and O–H groups in total. The van der Waals surface area contributed by atoms with E-state index in [4.69, 9.17) is 5.73 Å². The Balaban J connectivity index is 2.19. The van der Waals surface area contributed by atoms with Crippen molar-refractivity contribution >= 4 is 5.91 Å². The van der Waals surface area contributed by atoms with Crippen LogP contribution in [0.2, 0.25) is 0 Å². The lowest BCUT2D eigenvalue weighted by Gasteiger charge is -2.08. The Kier molecular flexibility index (Phi) is 1.35. The van der Waals surface area contributed by atoms with E-state index in [1.165, 1.54) is 18.4 Å². The Bertz CT molecular complexity index is 421. The Hall–Kier alpha value is -1.35. The van der Waals surface area contributed by atoms with Crippen LogP contribution in [-0.2, 0) is 12.1 Å². The molecule has 14 heavy (non-hydrogen) atoms. The van der Waals surface area contributed by atoms with E-state index in [2.05, 4.69) is 11.4 Å². The molecule has 1 spiro atoms. The highest BCUT2D eigenvalue weighted by Crippen LogP contribution is 2.50. The second-order valence-electron chi connectivity index (χ2n) is 4.13. The number of nitrogens with two attached hydrogens (primary N) is 1. The summed E-state index contributed by atoms with van der Waals surface area (Å²) < 4.78 is 0. The van der Waals surface area contributed by atoms with Gasteiger partial charge in [-0.05, 0) is 30.0 Å². The summed E-state index contributed by atoms with van der Waals surface area (Å²) in [4.78, 5) is 11.2. The first kappa shape index (κ1) is 8.00. The summed E-state index contributed by atoms with van der Waals surface area (Å²) in [5, 5.41) is 3.46. The SMILES string of the molecule is NC(=O)c1cccc2c1CNC21CC1. The first-order valence-electron chi connectivity index (χ1n) is 4.90. The summed E-state index contributed by atoms with van der Waals surface area (Å²) in [5.74, 6) is -0.318. The summed E-state index contributed by atoms with van der Waals surface area (Å²) in [7, 11) is 0. The number of nitrogens with one attached hydrogen (secondary N) is 1. The first-order valence-corrected chi connectivity index (χ1v) is 4.90. The number of benzene rings is 1. The van der Waals surface area contributed by atoms with Crippen LogP contribution in [-0.4, -0.2) is 5.91 Å². The van der Waals surface area contributed by atoms with Crippen molar-refractivity contribution in [3.8, 4) is 0 Å². The maximum atomic E-state index is 11.2. The highest BCUT2D eigenvalue weighted by Gasteiger charge is 2.49. The number of rotatable bonds is 1. The average Bonchev–Trinajstić information content (AvgIpc) is 2.85. The van der Waals surface area contributed by atoms with Crippen LogP contribution < -0.4 is 11.1 Å². The quantitative estimate of drug-likeness (QED) is 0.687. The van der Waals surface area contributed by atoms with Gasteiger partial charge in [0.2, 0.25) is 5.91 Å². The first-order chi connectivity index (χ1) is 6.73. The Morgan fingerprint density at radius 3 is 2.86 bits per heavy atom. The standard InChI is InChI=1S/C11H12N2O/c12-10(14)7-2-1-3-9-8(7)6-13-11(9)4-5-11/h1-3,13H,4-6H2,(H2,12,14). The molecule has 0 aromatic heterocycles. The van der Waals surface area contributed by atoms with Crippen molar-refractivity contribution in [2.45, 2.75) is 24.9 Å². The van der Waals surface area contributed by atoms with Crippen LogP contribution in [0.4, 0.5) is 0 Å². The molecule has 0 unspecified atom stereocenters. The van der Waals surface area contributed by atoms with Crippen LogP contribution in [0, 0.1) is 0 Å². The van der Waals surface area contributed by atoms with Crippen LogP contribution in [0.15, 0.2) is 18.2 Å². The van der Waals surface area contributed by atoms with Crippen molar-refractivity contribution in [3.05, 3.63) is 34.9 Å². The highest BCUT2D eigenvalue weighted by atomic mass is 16.1. The fourth-order valence-corrected chi connectivity index (χ4v) is 2.38. The van der Waals surface area contributed by atoms with Gasteiger partial charge in [0, 0.05) is 17.6 Å². The number of amides is 1. The fraction of sp³-hybridized carbons (Fsp3) is 0.364. The van der Waals surface area contributed by atoms with Crippen molar-refractivity contribution in [3.63, 3.8) is 0 Å². The average molecular weight is 188 g/mol. The second-order valence-corrected chi connectivity index (χ2v) is 4.13. The molecule has 1 amide bonds. The molecule has 2 aliphatic rings. The van der Waals surface area contributed by atoms with Crippen molar-refractivity contribution in [1.29, 1.82) is 0 Å². The minimum atomic E-state index is -0.318. The number of hydrogen-bond donors (Lipinski definition) is 2. The molecule has 72 valence electrons. The topological polar surface area (TPSA) is 55.1 Å². The van der Waals surface area contributed by atoms with E-state index >= 15 is 0 Å². The number of hydrogen-bond acceptors (Lipinski definition) is 2. The maximum absolute atomic E-state index is 11.2. The molecule has 0 radical (unpaired) electrons. The third-order valence-corrected chi connectivity index (χ3v) is 3.31. The molecule has 0 saturated heterocycles. The van der Waals surface area contributed by atoms with E-state index in [0.717, 1.165) is 12.1 Å². The van der Waals surface area contributed by atoms with Gasteiger partial charge < -0.3 is 11.1 Å². The van der Waals surface area contributed by atoms with E-state index in [9.17, 15) is 4.79 Å². The van der Waals surface area contributed by atoms with E-state index in [0.29, 0.717) is 5.56 Å². The lowest BCUT2D eigenvalue weighted by molar-refractivity contribution is 0.0999. The molecule has 3 nitrogen and oxygen atoms in total. The summed E-state index contributed by atoms with van der Waals surface area (Å²) in [6.45, 7) is 0.786. The fourth-order valence-electron chi connectivity index (χ4n) is 2.38. The Labute approximate surface area is 82.3 Å². The van der Waals surface area contributed by atoms with Gasteiger partial charge in [-0.1, -0.05) is 12.1 Å². The number of carbonyl (C=O) groups excluding carboxylic acids is 1. The van der Waals surface area contributed by atoms with Gasteiger partial charge in [-0.25, -0.2) is 0 Å². The van der Waals surface area contributed by atoms with Crippen LogP contribution in [0.5, 0.6) is 0 Å². The smallest absolute Gasteiger partial charge is 0.249 e. The molecular formula is C11H12N2O. The van der Waals surface area contributed by atoms with Gasteiger partial charge in [0.25, 0.3) is 0 Å². The minimum Gasteiger partial charge on any atom is -0.366 e. The van der Waals surface area contributed by atoms with E-state index < -0.39 is 0 Å². The number of fused-ring (bicyclic) bond motifs is 2. The molecule has 0 bridgehead atoms. The molecular weight excluding hydrogens is 176 g/mol. The van der Waals surface area contributed by atoms with Crippen molar-refractivity contribution in [2.75, 3.05) is 0 Å². The maximum Gasteiger partial charge on any atom is 0.249 e. The lowest BCUT2D eigenvalue weighted by atomic mass is 9.98. The second kappa shape index (κ2) is 2.36. The summed E-state index contributed by atoms with van der Waals surface area (Å²) >= 11 is 0. The molecule has 1 fully saturated rings. The Morgan fingerprint density at radius 2 is 2.21 bits per heavy atom. The normalized spacial score (nSPS) is 20.9. The van der Waals surface area contributed by atoms with Crippen molar-refractivity contribution in [1.82, 2.24) is 5.32 Å².